The van der Waals surface area contributed by atoms with Gasteiger partial charge in [0.15, 0.2) is 11.6 Å². The summed E-state index contributed by atoms with van der Waals surface area (Å²) in [6, 6.07) is 4.42. The monoisotopic (exact) mass is 268 g/mol. The van der Waals surface area contributed by atoms with Crippen molar-refractivity contribution in [1.82, 2.24) is 10.6 Å². The van der Waals surface area contributed by atoms with Crippen LogP contribution in [-0.4, -0.2) is 24.5 Å². The molecule has 104 valence electrons. The Bertz CT molecular complexity index is 457. The highest BCUT2D eigenvalue weighted by Gasteiger charge is 2.20. The van der Waals surface area contributed by atoms with Crippen LogP contribution < -0.4 is 10.6 Å². The Balaban J connectivity index is 1.89. The number of carbonyl (C=O) groups is 1. The van der Waals surface area contributed by atoms with E-state index in [-0.39, 0.29) is 23.9 Å². The predicted octanol–water partition coefficient (Wildman–Crippen LogP) is 1.76. The lowest BCUT2D eigenvalue weighted by Gasteiger charge is -2.28. The van der Waals surface area contributed by atoms with Crippen molar-refractivity contribution in [2.75, 3.05) is 6.54 Å². The minimum Gasteiger partial charge on any atom is -0.352 e. The van der Waals surface area contributed by atoms with Crippen LogP contribution in [0.4, 0.5) is 8.78 Å². The van der Waals surface area contributed by atoms with Crippen LogP contribution in [0.2, 0.25) is 0 Å². The van der Waals surface area contributed by atoms with Crippen LogP contribution in [0.1, 0.15) is 25.3 Å². The van der Waals surface area contributed by atoms with Gasteiger partial charge in [0.25, 0.3) is 0 Å². The van der Waals surface area contributed by atoms with E-state index in [4.69, 9.17) is 0 Å². The molecule has 1 aromatic carbocycles. The quantitative estimate of drug-likeness (QED) is 0.877. The summed E-state index contributed by atoms with van der Waals surface area (Å²) in [7, 11) is 0. The molecular formula is C14H18F2N2O. The average Bonchev–Trinajstić information content (AvgIpc) is 2.38. The lowest BCUT2D eigenvalue weighted by atomic mass is 10.0. The minimum atomic E-state index is -0.937. The van der Waals surface area contributed by atoms with Gasteiger partial charge < -0.3 is 10.6 Å². The van der Waals surface area contributed by atoms with Gasteiger partial charge in [-0.2, -0.15) is 0 Å². The first-order valence-corrected chi connectivity index (χ1v) is 6.52. The van der Waals surface area contributed by atoms with E-state index in [0.29, 0.717) is 6.04 Å². The Hall–Kier alpha value is -1.49. The normalized spacial score (nSPS) is 23.1. The molecule has 3 nitrogen and oxygen atoms in total. The fraction of sp³-hybridized carbons (Fsp3) is 0.500. The number of amides is 1. The molecule has 1 aliphatic heterocycles. The molecular weight excluding hydrogens is 250 g/mol. The van der Waals surface area contributed by atoms with Crippen molar-refractivity contribution in [3.05, 3.63) is 35.4 Å². The molecule has 0 saturated carbocycles. The standard InChI is InChI=1S/C14H18F2N2O/c1-9-5-6-11(8-17-9)18-13(19)7-10-3-2-4-12(15)14(10)16/h2-4,9,11,17H,5-8H2,1H3,(H,18,19). The summed E-state index contributed by atoms with van der Waals surface area (Å²) < 4.78 is 26.4. The maximum Gasteiger partial charge on any atom is 0.224 e. The van der Waals surface area contributed by atoms with E-state index in [1.807, 2.05) is 0 Å². The number of nitrogens with one attached hydrogen (secondary N) is 2. The zero-order chi connectivity index (χ0) is 13.8. The zero-order valence-corrected chi connectivity index (χ0v) is 10.9. The second-order valence-electron chi connectivity index (χ2n) is 5.04. The Morgan fingerprint density at radius 1 is 1.42 bits per heavy atom. The number of benzene rings is 1. The van der Waals surface area contributed by atoms with Gasteiger partial charge in [0.1, 0.15) is 0 Å². The van der Waals surface area contributed by atoms with Crippen LogP contribution in [0.15, 0.2) is 18.2 Å². The van der Waals surface area contributed by atoms with Gasteiger partial charge in [-0.25, -0.2) is 8.78 Å². The van der Waals surface area contributed by atoms with Crippen LogP contribution in [-0.2, 0) is 11.2 Å². The van der Waals surface area contributed by atoms with Gasteiger partial charge in [-0.1, -0.05) is 12.1 Å². The number of halogens is 2. The Kier molecular flexibility index (Phi) is 4.47. The Morgan fingerprint density at radius 2 is 2.21 bits per heavy atom. The molecule has 0 spiro atoms. The maximum atomic E-state index is 13.4. The molecule has 2 atom stereocenters. The van der Waals surface area contributed by atoms with Gasteiger partial charge in [-0.15, -0.1) is 0 Å². The molecule has 5 heteroatoms. The molecule has 2 N–H and O–H groups in total. The molecule has 1 aromatic rings. The first-order chi connectivity index (χ1) is 9.06. The van der Waals surface area contributed by atoms with Crippen LogP contribution >= 0.6 is 0 Å². The summed E-state index contributed by atoms with van der Waals surface area (Å²) in [5.41, 5.74) is 0.0923. The first-order valence-electron chi connectivity index (χ1n) is 6.52. The largest absolute Gasteiger partial charge is 0.352 e. The Labute approximate surface area is 111 Å². The lowest BCUT2D eigenvalue weighted by Crippen LogP contribution is -2.49. The summed E-state index contributed by atoms with van der Waals surface area (Å²) >= 11 is 0. The SMILES string of the molecule is CC1CCC(NC(=O)Cc2cccc(F)c2F)CN1. The summed E-state index contributed by atoms with van der Waals surface area (Å²) in [5, 5.41) is 6.12. The summed E-state index contributed by atoms with van der Waals surface area (Å²) in [6.45, 7) is 2.82. The number of hydrogen-bond acceptors (Lipinski definition) is 2. The molecule has 19 heavy (non-hydrogen) atoms. The zero-order valence-electron chi connectivity index (χ0n) is 10.9. The number of carbonyl (C=O) groups excluding carboxylic acids is 1. The summed E-state index contributed by atoms with van der Waals surface area (Å²) in [6.07, 6.45) is 1.78. The van der Waals surface area contributed by atoms with E-state index in [2.05, 4.69) is 17.6 Å². The predicted molar refractivity (Wildman–Crippen MR) is 68.7 cm³/mol. The third-order valence-corrected chi connectivity index (χ3v) is 3.41. The molecule has 0 radical (unpaired) electrons. The van der Waals surface area contributed by atoms with Gasteiger partial charge in [-0.05, 0) is 25.8 Å². The van der Waals surface area contributed by atoms with Gasteiger partial charge in [0, 0.05) is 24.2 Å². The second-order valence-corrected chi connectivity index (χ2v) is 5.04. The first kappa shape index (κ1) is 13.9. The lowest BCUT2D eigenvalue weighted by molar-refractivity contribution is -0.121. The van der Waals surface area contributed by atoms with Gasteiger partial charge in [0.2, 0.25) is 5.91 Å². The van der Waals surface area contributed by atoms with E-state index < -0.39 is 11.6 Å². The molecule has 2 rings (SSSR count). The highest BCUT2D eigenvalue weighted by molar-refractivity contribution is 5.78. The van der Waals surface area contributed by atoms with Gasteiger partial charge in [0.05, 0.1) is 6.42 Å². The fourth-order valence-corrected chi connectivity index (χ4v) is 2.26. The second kappa shape index (κ2) is 6.10. The van der Waals surface area contributed by atoms with E-state index in [1.54, 1.807) is 0 Å². The van der Waals surface area contributed by atoms with Crippen molar-refractivity contribution in [2.24, 2.45) is 0 Å². The van der Waals surface area contributed by atoms with Crippen molar-refractivity contribution in [1.29, 1.82) is 0 Å². The number of rotatable bonds is 3. The molecule has 1 heterocycles. The van der Waals surface area contributed by atoms with Crippen molar-refractivity contribution in [3.63, 3.8) is 0 Å². The summed E-state index contributed by atoms with van der Waals surface area (Å²) in [4.78, 5) is 11.8. The van der Waals surface area contributed by atoms with E-state index in [0.717, 1.165) is 25.5 Å². The van der Waals surface area contributed by atoms with Crippen molar-refractivity contribution < 1.29 is 13.6 Å². The van der Waals surface area contributed by atoms with Crippen molar-refractivity contribution in [3.8, 4) is 0 Å². The van der Waals surface area contributed by atoms with E-state index in [1.165, 1.54) is 12.1 Å². The average molecular weight is 268 g/mol. The van der Waals surface area contributed by atoms with Gasteiger partial charge >= 0.3 is 0 Å². The number of piperidine rings is 1. The highest BCUT2D eigenvalue weighted by Crippen LogP contribution is 2.12. The topological polar surface area (TPSA) is 41.1 Å². The number of hydrogen-bond donors (Lipinski definition) is 2. The molecule has 1 saturated heterocycles. The molecule has 0 bridgehead atoms. The maximum absolute atomic E-state index is 13.4. The third-order valence-electron chi connectivity index (χ3n) is 3.41. The fourth-order valence-electron chi connectivity index (χ4n) is 2.26. The van der Waals surface area contributed by atoms with Crippen LogP contribution in [0.5, 0.6) is 0 Å². The van der Waals surface area contributed by atoms with E-state index >= 15 is 0 Å². The molecule has 1 amide bonds. The Morgan fingerprint density at radius 3 is 2.89 bits per heavy atom. The van der Waals surface area contributed by atoms with Crippen molar-refractivity contribution >= 4 is 5.91 Å². The van der Waals surface area contributed by atoms with Crippen LogP contribution in [0.3, 0.4) is 0 Å². The van der Waals surface area contributed by atoms with Crippen molar-refractivity contribution in [2.45, 2.75) is 38.3 Å². The molecule has 2 unspecified atom stereocenters. The summed E-state index contributed by atoms with van der Waals surface area (Å²) in [5.74, 6) is -2.13. The van der Waals surface area contributed by atoms with Gasteiger partial charge in [-0.3, -0.25) is 4.79 Å². The highest BCUT2D eigenvalue weighted by atomic mass is 19.2. The molecule has 0 aromatic heterocycles. The third kappa shape index (κ3) is 3.73. The minimum absolute atomic E-state index is 0.0697. The van der Waals surface area contributed by atoms with E-state index in [9.17, 15) is 13.6 Å². The van der Waals surface area contributed by atoms with Crippen LogP contribution in [0.25, 0.3) is 0 Å². The van der Waals surface area contributed by atoms with Crippen LogP contribution in [0, 0.1) is 11.6 Å². The molecule has 0 aliphatic carbocycles. The smallest absolute Gasteiger partial charge is 0.224 e. The molecule has 1 aliphatic rings. The molecule has 1 fully saturated rings.